The molecule has 0 N–H and O–H groups in total. The average Bonchev–Trinajstić information content (AvgIpc) is 3.50. The highest BCUT2D eigenvalue weighted by atomic mass is 19.4. The van der Waals surface area contributed by atoms with Gasteiger partial charge in [0.25, 0.3) is 0 Å². The Morgan fingerprint density at radius 2 is 1.30 bits per heavy atom. The van der Waals surface area contributed by atoms with Crippen LogP contribution in [0.4, 0.5) is 17.6 Å². The van der Waals surface area contributed by atoms with Crippen LogP contribution in [0.2, 0.25) is 0 Å². The smallest absolute Gasteiger partial charge is 0.243 e. The fraction of sp³-hybridized carbons (Fsp3) is 0.105. The zero-order valence-electron chi connectivity index (χ0n) is 24.5. The van der Waals surface area contributed by atoms with Gasteiger partial charge in [-0.05, 0) is 80.6 Å². The van der Waals surface area contributed by atoms with Gasteiger partial charge in [-0.3, -0.25) is 0 Å². The van der Waals surface area contributed by atoms with E-state index in [0.717, 1.165) is 54.9 Å². The summed E-state index contributed by atoms with van der Waals surface area (Å²) in [7, 11) is 0. The molecule has 0 bridgehead atoms. The molecule has 1 atom stereocenters. The SMILES string of the molecule is C=C/C=C(\C=C/CC(F)(F)F)c1ccc2c(c1)c(=NC#N)c1cc3c(cc12)c(=NC#N)c1cc(-c2ccc(C(C)F)cc2)ccc13. The van der Waals surface area contributed by atoms with Crippen LogP contribution in [0.25, 0.3) is 59.8 Å². The van der Waals surface area contributed by atoms with Crippen molar-refractivity contribution in [3.8, 4) is 23.5 Å². The van der Waals surface area contributed by atoms with E-state index < -0.39 is 18.8 Å². The maximum atomic E-state index is 13.8. The van der Waals surface area contributed by atoms with Crippen LogP contribution in [-0.2, 0) is 0 Å². The third kappa shape index (κ3) is 5.46. The number of hydrogen-bond donors (Lipinski definition) is 0. The second-order valence-corrected chi connectivity index (χ2v) is 10.9. The summed E-state index contributed by atoms with van der Waals surface area (Å²) in [6, 6.07) is 22.5. The van der Waals surface area contributed by atoms with E-state index in [1.54, 1.807) is 24.3 Å². The molecule has 0 aliphatic carbocycles. The lowest BCUT2D eigenvalue weighted by atomic mass is 10.0. The lowest BCUT2D eigenvalue weighted by Gasteiger charge is -2.06. The first-order chi connectivity index (χ1) is 22.1. The second-order valence-electron chi connectivity index (χ2n) is 10.9. The summed E-state index contributed by atoms with van der Waals surface area (Å²) in [6.07, 6.45) is 2.96. The number of halogens is 4. The van der Waals surface area contributed by atoms with E-state index in [1.165, 1.54) is 19.1 Å². The fourth-order valence-electron chi connectivity index (χ4n) is 6.01. The Balaban J connectivity index is 1.58. The molecule has 0 aromatic heterocycles. The van der Waals surface area contributed by atoms with Gasteiger partial charge in [-0.1, -0.05) is 79.4 Å². The average molecular weight is 613 g/mol. The predicted molar refractivity (Wildman–Crippen MR) is 174 cm³/mol. The molecule has 0 aliphatic rings. The number of alkyl halides is 4. The van der Waals surface area contributed by atoms with Crippen LogP contribution in [0.3, 0.4) is 0 Å². The number of hydrogen-bond acceptors (Lipinski definition) is 4. The van der Waals surface area contributed by atoms with Crippen molar-refractivity contribution in [3.63, 3.8) is 0 Å². The molecule has 6 rings (SSSR count). The molecule has 0 saturated carbocycles. The van der Waals surface area contributed by atoms with E-state index in [0.29, 0.717) is 32.8 Å². The Kier molecular flexibility index (Phi) is 7.81. The second kappa shape index (κ2) is 11.9. The molecule has 224 valence electrons. The van der Waals surface area contributed by atoms with Gasteiger partial charge in [-0.2, -0.15) is 33.7 Å². The van der Waals surface area contributed by atoms with E-state index >= 15 is 0 Å². The molecule has 0 heterocycles. The molecular weight excluding hydrogens is 588 g/mol. The van der Waals surface area contributed by atoms with Crippen LogP contribution in [-0.4, -0.2) is 6.18 Å². The van der Waals surface area contributed by atoms with Gasteiger partial charge < -0.3 is 0 Å². The molecule has 0 spiro atoms. The Morgan fingerprint density at radius 3 is 1.85 bits per heavy atom. The van der Waals surface area contributed by atoms with Crippen molar-refractivity contribution in [1.82, 2.24) is 0 Å². The Labute approximate surface area is 261 Å². The molecule has 46 heavy (non-hydrogen) atoms. The van der Waals surface area contributed by atoms with Crippen molar-refractivity contribution in [3.05, 3.63) is 126 Å². The van der Waals surface area contributed by atoms with Crippen molar-refractivity contribution < 1.29 is 17.6 Å². The third-order valence-electron chi connectivity index (χ3n) is 8.10. The molecule has 0 fully saturated rings. The minimum absolute atomic E-state index is 0.445. The number of nitriles is 2. The summed E-state index contributed by atoms with van der Waals surface area (Å²) < 4.78 is 52.1. The van der Waals surface area contributed by atoms with Crippen LogP contribution >= 0.6 is 0 Å². The van der Waals surface area contributed by atoms with Gasteiger partial charge >= 0.3 is 6.18 Å². The lowest BCUT2D eigenvalue weighted by molar-refractivity contribution is -0.125. The van der Waals surface area contributed by atoms with Gasteiger partial charge in [0.05, 0.1) is 17.1 Å². The largest absolute Gasteiger partial charge is 0.392 e. The van der Waals surface area contributed by atoms with Crippen LogP contribution < -0.4 is 10.7 Å². The number of allylic oxidation sites excluding steroid dienone is 5. The zero-order valence-corrected chi connectivity index (χ0v) is 24.5. The Bertz CT molecular complexity index is 2440. The first-order valence-corrected chi connectivity index (χ1v) is 14.4. The summed E-state index contributed by atoms with van der Waals surface area (Å²) >= 11 is 0. The minimum Gasteiger partial charge on any atom is -0.243 e. The highest BCUT2D eigenvalue weighted by molar-refractivity contribution is 6.21. The highest BCUT2D eigenvalue weighted by Gasteiger charge is 2.24. The van der Waals surface area contributed by atoms with E-state index in [9.17, 15) is 28.1 Å². The highest BCUT2D eigenvalue weighted by Crippen LogP contribution is 2.35. The minimum atomic E-state index is -4.32. The summed E-state index contributed by atoms with van der Waals surface area (Å²) in [4.78, 5) is 8.37. The summed E-state index contributed by atoms with van der Waals surface area (Å²) in [5.41, 5.74) is 3.54. The first kappa shape index (κ1) is 30.2. The molecule has 6 aromatic rings. The van der Waals surface area contributed by atoms with Crippen LogP contribution in [0.1, 0.15) is 30.6 Å². The monoisotopic (exact) mass is 612 g/mol. The fourth-order valence-corrected chi connectivity index (χ4v) is 6.01. The van der Waals surface area contributed by atoms with Gasteiger partial charge in [0.15, 0.2) is 0 Å². The predicted octanol–water partition coefficient (Wildman–Crippen LogP) is 9.71. The van der Waals surface area contributed by atoms with Gasteiger partial charge in [0.1, 0.15) is 6.17 Å². The van der Waals surface area contributed by atoms with Crippen molar-refractivity contribution >= 4 is 48.7 Å². The molecule has 1 unspecified atom stereocenters. The summed E-state index contributed by atoms with van der Waals surface area (Å²) in [5, 5.41) is 26.4. The van der Waals surface area contributed by atoms with E-state index in [1.807, 2.05) is 67.0 Å². The summed E-state index contributed by atoms with van der Waals surface area (Å²) in [6.45, 7) is 5.18. The zero-order chi connectivity index (χ0) is 32.6. The molecule has 0 radical (unpaired) electrons. The van der Waals surface area contributed by atoms with E-state index in [4.69, 9.17) is 0 Å². The number of benzene rings is 4. The van der Waals surface area contributed by atoms with Gasteiger partial charge in [0.2, 0.25) is 12.4 Å². The van der Waals surface area contributed by atoms with Crippen molar-refractivity contribution in [2.24, 2.45) is 9.98 Å². The Hall–Kier alpha value is -5.86. The molecule has 4 nitrogen and oxygen atoms in total. The molecule has 8 heteroatoms. The topological polar surface area (TPSA) is 72.3 Å². The van der Waals surface area contributed by atoms with E-state index in [-0.39, 0.29) is 0 Å². The maximum absolute atomic E-state index is 13.8. The quantitative estimate of drug-likeness (QED) is 0.107. The number of rotatable bonds is 6. The van der Waals surface area contributed by atoms with Crippen LogP contribution in [0.15, 0.2) is 114 Å². The number of nitrogens with zero attached hydrogens (tertiary/aromatic N) is 4. The Morgan fingerprint density at radius 1 is 0.761 bits per heavy atom. The van der Waals surface area contributed by atoms with Gasteiger partial charge in [-0.15, -0.1) is 0 Å². The lowest BCUT2D eigenvalue weighted by Crippen LogP contribution is -2.04. The van der Waals surface area contributed by atoms with Gasteiger partial charge in [0, 0.05) is 21.5 Å². The molecule has 6 aromatic carbocycles. The van der Waals surface area contributed by atoms with Crippen molar-refractivity contribution in [2.75, 3.05) is 0 Å². The van der Waals surface area contributed by atoms with Crippen LogP contribution in [0.5, 0.6) is 0 Å². The molecule has 0 saturated heterocycles. The first-order valence-electron chi connectivity index (χ1n) is 14.4. The summed E-state index contributed by atoms with van der Waals surface area (Å²) in [5.74, 6) is 0. The van der Waals surface area contributed by atoms with Crippen molar-refractivity contribution in [1.29, 1.82) is 10.5 Å². The molecule has 0 aliphatic heterocycles. The number of fused-ring (bicyclic) bond motifs is 6. The molecule has 0 amide bonds. The van der Waals surface area contributed by atoms with Gasteiger partial charge in [-0.25, -0.2) is 4.39 Å². The van der Waals surface area contributed by atoms with Crippen LogP contribution in [0, 0.1) is 22.9 Å². The van der Waals surface area contributed by atoms with E-state index in [2.05, 4.69) is 16.6 Å². The van der Waals surface area contributed by atoms with Crippen molar-refractivity contribution in [2.45, 2.75) is 25.7 Å². The molecular formula is C38H24F4N4. The third-order valence-corrected chi connectivity index (χ3v) is 8.10. The standard InChI is InChI=1S/C38H24F4N4/c1-3-5-24(6-4-15-38(40,41)42)26-11-13-28-30-18-35-31(19-34(30)36(45-20-43)32(28)16-26)29-14-12-27(17-33(29)37(35)46-21-44)25-9-7-23(8-10-25)22(2)39/h3-14,16-19,22H,1,15H2,2H3/b6-4-,24-5+,45-36?,46-37?. The normalized spacial score (nSPS) is 14.1. The maximum Gasteiger partial charge on any atom is 0.392 e.